The van der Waals surface area contributed by atoms with Crippen molar-refractivity contribution in [3.63, 3.8) is 0 Å². The zero-order valence-electron chi connectivity index (χ0n) is 16.7. The van der Waals surface area contributed by atoms with E-state index in [1.165, 1.54) is 0 Å². The van der Waals surface area contributed by atoms with Crippen LogP contribution in [0.25, 0.3) is 0 Å². The quantitative estimate of drug-likeness (QED) is 0.461. The molecule has 0 atom stereocenters. The highest BCUT2D eigenvalue weighted by atomic mass is 35.5. The van der Waals surface area contributed by atoms with Gasteiger partial charge >= 0.3 is 5.97 Å². The van der Waals surface area contributed by atoms with E-state index in [9.17, 15) is 4.79 Å². The van der Waals surface area contributed by atoms with E-state index in [1.807, 2.05) is 61.5 Å². The minimum absolute atomic E-state index is 0.276. The molecule has 0 amide bonds. The van der Waals surface area contributed by atoms with Crippen molar-refractivity contribution in [2.45, 2.75) is 26.6 Å². The van der Waals surface area contributed by atoms with Gasteiger partial charge < -0.3 is 19.9 Å². The predicted octanol–water partition coefficient (Wildman–Crippen LogP) is 5.31. The molecule has 0 unspecified atom stereocenters. The van der Waals surface area contributed by atoms with Crippen LogP contribution in [0.4, 0.5) is 0 Å². The van der Waals surface area contributed by atoms with Gasteiger partial charge in [0.1, 0.15) is 6.61 Å². The fourth-order valence-electron chi connectivity index (χ4n) is 3.01. The second-order valence-corrected chi connectivity index (χ2v) is 7.07. The number of carbonyl (C=O) groups is 1. The normalized spacial score (nSPS) is 10.6. The summed E-state index contributed by atoms with van der Waals surface area (Å²) in [5.41, 5.74) is 3.15. The van der Waals surface area contributed by atoms with Crippen LogP contribution >= 0.6 is 11.6 Å². The first-order chi connectivity index (χ1) is 14.6. The molecule has 0 fully saturated rings. The maximum Gasteiger partial charge on any atom is 0.335 e. The zero-order valence-corrected chi connectivity index (χ0v) is 17.5. The lowest BCUT2D eigenvalue weighted by molar-refractivity contribution is 0.0697. The van der Waals surface area contributed by atoms with E-state index in [0.717, 1.165) is 16.7 Å². The molecule has 5 nitrogen and oxygen atoms in total. The first-order valence-corrected chi connectivity index (χ1v) is 10.1. The van der Waals surface area contributed by atoms with Gasteiger partial charge in [0, 0.05) is 29.2 Å². The second-order valence-electron chi connectivity index (χ2n) is 6.66. The monoisotopic (exact) mass is 425 g/mol. The Labute approximate surface area is 181 Å². The van der Waals surface area contributed by atoms with Gasteiger partial charge in [0.2, 0.25) is 0 Å². The fraction of sp³-hybridized carbons (Fsp3) is 0.208. The van der Waals surface area contributed by atoms with Crippen molar-refractivity contribution in [3.05, 3.63) is 94.0 Å². The number of carboxylic acids is 1. The smallest absolute Gasteiger partial charge is 0.335 e. The summed E-state index contributed by atoms with van der Waals surface area (Å²) in [6, 6.07) is 20.2. The van der Waals surface area contributed by atoms with Crippen LogP contribution < -0.4 is 14.8 Å². The fourth-order valence-corrected chi connectivity index (χ4v) is 3.20. The molecule has 0 bridgehead atoms. The molecule has 0 spiro atoms. The summed E-state index contributed by atoms with van der Waals surface area (Å²) in [5, 5.41) is 13.0. The lowest BCUT2D eigenvalue weighted by atomic mass is 10.1. The van der Waals surface area contributed by atoms with E-state index >= 15 is 0 Å². The number of hydrogen-bond donors (Lipinski definition) is 2. The molecular formula is C24H24ClNO4. The number of aromatic carboxylic acids is 1. The molecule has 156 valence electrons. The number of carboxylic acid groups (broad SMARTS) is 1. The summed E-state index contributed by atoms with van der Waals surface area (Å²) < 4.78 is 11.9. The van der Waals surface area contributed by atoms with Gasteiger partial charge in [0.15, 0.2) is 11.5 Å². The standard InChI is InChI=1S/C24H24ClNO4/c1-2-29-22-9-5-7-19(23(22)30-16-20-6-3-4-8-21(20)25)15-26-14-17-10-12-18(13-11-17)24(27)28/h3-13,26H,2,14-16H2,1H3,(H,27,28). The first-order valence-electron chi connectivity index (χ1n) is 9.72. The largest absolute Gasteiger partial charge is 0.490 e. The molecule has 3 rings (SSSR count). The van der Waals surface area contributed by atoms with Crippen LogP contribution in [-0.2, 0) is 19.7 Å². The van der Waals surface area contributed by atoms with Crippen LogP contribution in [0.15, 0.2) is 66.7 Å². The highest BCUT2D eigenvalue weighted by Gasteiger charge is 2.12. The number of rotatable bonds is 10. The number of para-hydroxylation sites is 1. The number of halogens is 1. The third-order valence-electron chi connectivity index (χ3n) is 4.54. The third kappa shape index (κ3) is 5.75. The van der Waals surface area contributed by atoms with Crippen LogP contribution in [0.5, 0.6) is 11.5 Å². The second kappa shape index (κ2) is 10.7. The lowest BCUT2D eigenvalue weighted by Gasteiger charge is -2.17. The number of benzene rings is 3. The highest BCUT2D eigenvalue weighted by molar-refractivity contribution is 6.31. The van der Waals surface area contributed by atoms with Crippen molar-refractivity contribution in [2.24, 2.45) is 0 Å². The van der Waals surface area contributed by atoms with Crippen LogP contribution in [0, 0.1) is 0 Å². The lowest BCUT2D eigenvalue weighted by Crippen LogP contribution is -2.14. The zero-order chi connectivity index (χ0) is 21.3. The first kappa shape index (κ1) is 21.7. The van der Waals surface area contributed by atoms with Gasteiger partial charge in [-0.2, -0.15) is 0 Å². The molecule has 2 N–H and O–H groups in total. The number of ether oxygens (including phenoxy) is 2. The Morgan fingerprint density at radius 2 is 1.67 bits per heavy atom. The maximum absolute atomic E-state index is 11.0. The van der Waals surface area contributed by atoms with E-state index in [0.29, 0.717) is 42.8 Å². The van der Waals surface area contributed by atoms with Crippen molar-refractivity contribution in [1.29, 1.82) is 0 Å². The van der Waals surface area contributed by atoms with E-state index < -0.39 is 5.97 Å². The summed E-state index contributed by atoms with van der Waals surface area (Å²) in [7, 11) is 0. The van der Waals surface area contributed by atoms with Gasteiger partial charge in [-0.15, -0.1) is 0 Å². The Hall–Kier alpha value is -3.02. The van der Waals surface area contributed by atoms with Gasteiger partial charge in [0.05, 0.1) is 12.2 Å². The molecule has 0 aromatic heterocycles. The van der Waals surface area contributed by atoms with E-state index in [4.69, 9.17) is 26.2 Å². The summed E-state index contributed by atoms with van der Waals surface area (Å²) in [4.78, 5) is 11.0. The molecule has 0 aliphatic heterocycles. The molecule has 0 saturated heterocycles. The molecule has 0 heterocycles. The van der Waals surface area contributed by atoms with Gasteiger partial charge in [-0.05, 0) is 36.8 Å². The average molecular weight is 426 g/mol. The van der Waals surface area contributed by atoms with E-state index in [1.54, 1.807) is 12.1 Å². The Morgan fingerprint density at radius 3 is 2.37 bits per heavy atom. The van der Waals surface area contributed by atoms with Crippen molar-refractivity contribution in [3.8, 4) is 11.5 Å². The summed E-state index contributed by atoms with van der Waals surface area (Å²) >= 11 is 6.25. The van der Waals surface area contributed by atoms with Gasteiger partial charge in [-0.1, -0.05) is 54.1 Å². The molecule has 3 aromatic rings. The number of nitrogens with one attached hydrogen (secondary N) is 1. The molecule has 0 radical (unpaired) electrons. The minimum atomic E-state index is -0.928. The van der Waals surface area contributed by atoms with Crippen LogP contribution in [0.1, 0.15) is 34.0 Å². The maximum atomic E-state index is 11.0. The van der Waals surface area contributed by atoms with Crippen molar-refractivity contribution < 1.29 is 19.4 Å². The molecule has 30 heavy (non-hydrogen) atoms. The minimum Gasteiger partial charge on any atom is -0.490 e. The topological polar surface area (TPSA) is 67.8 Å². The van der Waals surface area contributed by atoms with Crippen LogP contribution in [-0.4, -0.2) is 17.7 Å². The Balaban J connectivity index is 1.69. The molecular weight excluding hydrogens is 402 g/mol. The van der Waals surface area contributed by atoms with E-state index in [2.05, 4.69) is 5.32 Å². The third-order valence-corrected chi connectivity index (χ3v) is 4.90. The Kier molecular flexibility index (Phi) is 7.71. The highest BCUT2D eigenvalue weighted by Crippen LogP contribution is 2.32. The van der Waals surface area contributed by atoms with Crippen molar-refractivity contribution >= 4 is 17.6 Å². The number of hydrogen-bond acceptors (Lipinski definition) is 4. The van der Waals surface area contributed by atoms with Gasteiger partial charge in [-0.3, -0.25) is 0 Å². The van der Waals surface area contributed by atoms with Crippen LogP contribution in [0.3, 0.4) is 0 Å². The molecule has 6 heteroatoms. The van der Waals surface area contributed by atoms with Crippen molar-refractivity contribution in [2.75, 3.05) is 6.61 Å². The summed E-state index contributed by atoms with van der Waals surface area (Å²) in [6.45, 7) is 3.98. The van der Waals surface area contributed by atoms with Crippen molar-refractivity contribution in [1.82, 2.24) is 5.32 Å². The average Bonchev–Trinajstić information content (AvgIpc) is 2.75. The molecule has 3 aromatic carbocycles. The predicted molar refractivity (Wildman–Crippen MR) is 117 cm³/mol. The van der Waals surface area contributed by atoms with Gasteiger partial charge in [0.25, 0.3) is 0 Å². The molecule has 0 aliphatic carbocycles. The summed E-state index contributed by atoms with van der Waals surface area (Å²) in [6.07, 6.45) is 0. The summed E-state index contributed by atoms with van der Waals surface area (Å²) in [5.74, 6) is 0.449. The van der Waals surface area contributed by atoms with E-state index in [-0.39, 0.29) is 5.56 Å². The molecule has 0 saturated carbocycles. The Bertz CT molecular complexity index is 989. The molecule has 0 aliphatic rings. The van der Waals surface area contributed by atoms with Gasteiger partial charge in [-0.25, -0.2) is 4.79 Å². The SMILES string of the molecule is CCOc1cccc(CNCc2ccc(C(=O)O)cc2)c1OCc1ccccc1Cl. The van der Waals surface area contributed by atoms with Crippen LogP contribution in [0.2, 0.25) is 5.02 Å². The Morgan fingerprint density at radius 1 is 0.933 bits per heavy atom.